The molecule has 0 radical (unpaired) electrons. The molecule has 0 aromatic carbocycles. The van der Waals surface area contributed by atoms with Gasteiger partial charge in [-0.25, -0.2) is 4.98 Å². The number of hydrogen-bond donors (Lipinski definition) is 1. The minimum atomic E-state index is 0.239. The van der Waals surface area contributed by atoms with E-state index in [1.807, 2.05) is 12.1 Å². The Hall–Kier alpha value is -2.09. The molecule has 1 aliphatic heterocycles. The van der Waals surface area contributed by atoms with Crippen molar-refractivity contribution >= 4 is 11.6 Å². The number of aromatic nitrogens is 1. The van der Waals surface area contributed by atoms with Gasteiger partial charge >= 0.3 is 0 Å². The van der Waals surface area contributed by atoms with Gasteiger partial charge in [0.25, 0.3) is 0 Å². The first-order valence-corrected chi connectivity index (χ1v) is 7.18. The first kappa shape index (κ1) is 12.9. The molecule has 20 heavy (non-hydrogen) atoms. The highest BCUT2D eigenvalue weighted by atomic mass is 16.2. The molecule has 2 heterocycles. The summed E-state index contributed by atoms with van der Waals surface area (Å²) < 4.78 is 0. The van der Waals surface area contributed by atoms with Crippen LogP contribution >= 0.6 is 0 Å². The van der Waals surface area contributed by atoms with Gasteiger partial charge in [0, 0.05) is 25.0 Å². The molecular formula is C15H18N4O. The number of amides is 1. The Morgan fingerprint density at radius 2 is 2.05 bits per heavy atom. The number of rotatable bonds is 3. The summed E-state index contributed by atoms with van der Waals surface area (Å²) in [7, 11) is 0. The summed E-state index contributed by atoms with van der Waals surface area (Å²) >= 11 is 0. The number of nitriles is 1. The number of carbonyl (C=O) groups excluding carboxylic acids is 1. The Bertz CT molecular complexity index is 522. The van der Waals surface area contributed by atoms with Crippen molar-refractivity contribution in [1.29, 1.82) is 5.26 Å². The van der Waals surface area contributed by atoms with Crippen molar-refractivity contribution in [3.63, 3.8) is 0 Å². The second kappa shape index (κ2) is 5.49. The lowest BCUT2D eigenvalue weighted by atomic mass is 10.0. The SMILES string of the molecule is N#Cc1ccc(N2CCC(NC(=O)C3CC3)CC2)cn1. The molecule has 1 saturated carbocycles. The first-order chi connectivity index (χ1) is 9.76. The van der Waals surface area contributed by atoms with E-state index < -0.39 is 0 Å². The zero-order valence-corrected chi connectivity index (χ0v) is 11.4. The summed E-state index contributed by atoms with van der Waals surface area (Å²) in [5.41, 5.74) is 1.50. The predicted octanol–water partition coefficient (Wildman–Crippen LogP) is 1.45. The summed E-state index contributed by atoms with van der Waals surface area (Å²) in [5.74, 6) is 0.527. The molecule has 2 aliphatic rings. The van der Waals surface area contributed by atoms with Crippen molar-refractivity contribution in [3.05, 3.63) is 24.0 Å². The second-order valence-electron chi connectivity index (χ2n) is 5.56. The number of nitrogens with one attached hydrogen (secondary N) is 1. The number of piperidine rings is 1. The van der Waals surface area contributed by atoms with Gasteiger partial charge in [-0.2, -0.15) is 5.26 Å². The van der Waals surface area contributed by atoms with Crippen LogP contribution < -0.4 is 10.2 Å². The Balaban J connectivity index is 1.52. The van der Waals surface area contributed by atoms with Crippen molar-refractivity contribution in [2.75, 3.05) is 18.0 Å². The van der Waals surface area contributed by atoms with Crippen LogP contribution in [0.25, 0.3) is 0 Å². The minimum Gasteiger partial charge on any atom is -0.370 e. The molecule has 104 valence electrons. The molecule has 0 unspecified atom stereocenters. The van der Waals surface area contributed by atoms with E-state index in [0.29, 0.717) is 11.7 Å². The third kappa shape index (κ3) is 2.90. The van der Waals surface area contributed by atoms with E-state index in [4.69, 9.17) is 5.26 Å². The summed E-state index contributed by atoms with van der Waals surface area (Å²) in [6.07, 6.45) is 5.81. The Kier molecular flexibility index (Phi) is 3.55. The smallest absolute Gasteiger partial charge is 0.223 e. The van der Waals surface area contributed by atoms with Gasteiger partial charge < -0.3 is 10.2 Å². The average Bonchev–Trinajstić information content (AvgIpc) is 3.33. The fourth-order valence-electron chi connectivity index (χ4n) is 2.59. The van der Waals surface area contributed by atoms with E-state index in [-0.39, 0.29) is 11.8 Å². The van der Waals surface area contributed by atoms with Crippen molar-refractivity contribution in [2.45, 2.75) is 31.7 Å². The highest BCUT2D eigenvalue weighted by molar-refractivity contribution is 5.81. The van der Waals surface area contributed by atoms with Crippen LogP contribution in [0.2, 0.25) is 0 Å². The average molecular weight is 270 g/mol. The molecular weight excluding hydrogens is 252 g/mol. The molecule has 0 bridgehead atoms. The fourth-order valence-corrected chi connectivity index (χ4v) is 2.59. The first-order valence-electron chi connectivity index (χ1n) is 7.18. The van der Waals surface area contributed by atoms with Gasteiger partial charge in [0.1, 0.15) is 11.8 Å². The summed E-state index contributed by atoms with van der Waals surface area (Å²) in [6.45, 7) is 1.84. The normalized spacial score (nSPS) is 19.4. The Morgan fingerprint density at radius 1 is 1.30 bits per heavy atom. The van der Waals surface area contributed by atoms with Gasteiger partial charge in [-0.05, 0) is 37.8 Å². The van der Waals surface area contributed by atoms with Gasteiger partial charge in [0.05, 0.1) is 11.9 Å². The highest BCUT2D eigenvalue weighted by Gasteiger charge is 2.31. The van der Waals surface area contributed by atoms with Crippen molar-refractivity contribution in [1.82, 2.24) is 10.3 Å². The standard InChI is InChI=1S/C15H18N4O/c16-9-13-3-4-14(10-17-13)19-7-5-12(6-8-19)18-15(20)11-1-2-11/h3-4,10-12H,1-2,5-8H2,(H,18,20). The summed E-state index contributed by atoms with van der Waals surface area (Å²) in [5, 5.41) is 11.9. The van der Waals surface area contributed by atoms with Crippen LogP contribution in [0.3, 0.4) is 0 Å². The van der Waals surface area contributed by atoms with Gasteiger partial charge in [-0.15, -0.1) is 0 Å². The lowest BCUT2D eigenvalue weighted by Gasteiger charge is -2.33. The van der Waals surface area contributed by atoms with Crippen LogP contribution in [0.4, 0.5) is 5.69 Å². The third-order valence-electron chi connectivity index (χ3n) is 4.02. The van der Waals surface area contributed by atoms with Gasteiger partial charge in [0.2, 0.25) is 5.91 Å². The third-order valence-corrected chi connectivity index (χ3v) is 4.02. The summed E-state index contributed by atoms with van der Waals surface area (Å²) in [6, 6.07) is 6.02. The van der Waals surface area contributed by atoms with E-state index in [1.54, 1.807) is 12.3 Å². The second-order valence-corrected chi connectivity index (χ2v) is 5.56. The van der Waals surface area contributed by atoms with Crippen LogP contribution in [-0.4, -0.2) is 30.0 Å². The van der Waals surface area contributed by atoms with E-state index in [2.05, 4.69) is 15.2 Å². The number of anilines is 1. The van der Waals surface area contributed by atoms with Crippen LogP contribution in [-0.2, 0) is 4.79 Å². The van der Waals surface area contributed by atoms with Crippen LogP contribution in [0.15, 0.2) is 18.3 Å². The lowest BCUT2D eigenvalue weighted by molar-refractivity contribution is -0.123. The molecule has 1 aliphatic carbocycles. The van der Waals surface area contributed by atoms with E-state index in [0.717, 1.165) is 44.5 Å². The van der Waals surface area contributed by atoms with Crippen LogP contribution in [0.1, 0.15) is 31.4 Å². The molecule has 1 aromatic rings. The molecule has 5 heteroatoms. The molecule has 1 amide bonds. The van der Waals surface area contributed by atoms with Crippen molar-refractivity contribution in [2.24, 2.45) is 5.92 Å². The number of carbonyl (C=O) groups is 1. The molecule has 1 saturated heterocycles. The number of pyridine rings is 1. The molecule has 2 fully saturated rings. The zero-order chi connectivity index (χ0) is 13.9. The molecule has 0 spiro atoms. The number of nitrogens with zero attached hydrogens (tertiary/aromatic N) is 3. The largest absolute Gasteiger partial charge is 0.370 e. The van der Waals surface area contributed by atoms with E-state index in [1.165, 1.54) is 0 Å². The maximum absolute atomic E-state index is 11.7. The Labute approximate surface area is 118 Å². The lowest BCUT2D eigenvalue weighted by Crippen LogP contribution is -2.45. The zero-order valence-electron chi connectivity index (χ0n) is 11.4. The molecule has 0 atom stereocenters. The Morgan fingerprint density at radius 3 is 2.60 bits per heavy atom. The maximum Gasteiger partial charge on any atom is 0.223 e. The van der Waals surface area contributed by atoms with E-state index in [9.17, 15) is 4.79 Å². The monoisotopic (exact) mass is 270 g/mol. The van der Waals surface area contributed by atoms with E-state index >= 15 is 0 Å². The van der Waals surface area contributed by atoms with Crippen molar-refractivity contribution < 1.29 is 4.79 Å². The highest BCUT2D eigenvalue weighted by Crippen LogP contribution is 2.29. The molecule has 1 N–H and O–H groups in total. The van der Waals surface area contributed by atoms with Crippen LogP contribution in [0.5, 0.6) is 0 Å². The number of hydrogen-bond acceptors (Lipinski definition) is 4. The molecule has 3 rings (SSSR count). The van der Waals surface area contributed by atoms with Crippen molar-refractivity contribution in [3.8, 4) is 6.07 Å². The molecule has 5 nitrogen and oxygen atoms in total. The van der Waals surface area contributed by atoms with Gasteiger partial charge in [-0.1, -0.05) is 0 Å². The van der Waals surface area contributed by atoms with Gasteiger partial charge in [0.15, 0.2) is 0 Å². The molecule has 1 aromatic heterocycles. The fraction of sp³-hybridized carbons (Fsp3) is 0.533. The quantitative estimate of drug-likeness (QED) is 0.902. The summed E-state index contributed by atoms with van der Waals surface area (Å²) in [4.78, 5) is 18.1. The minimum absolute atomic E-state index is 0.239. The topological polar surface area (TPSA) is 69.0 Å². The van der Waals surface area contributed by atoms with Gasteiger partial charge in [-0.3, -0.25) is 4.79 Å². The maximum atomic E-state index is 11.7. The predicted molar refractivity (Wildman–Crippen MR) is 75.1 cm³/mol. The van der Waals surface area contributed by atoms with Crippen LogP contribution in [0, 0.1) is 17.2 Å².